The molecule has 0 radical (unpaired) electrons. The van der Waals surface area contributed by atoms with E-state index < -0.39 is 15.6 Å². The van der Waals surface area contributed by atoms with E-state index in [1.165, 1.54) is 13.8 Å². The van der Waals surface area contributed by atoms with Crippen LogP contribution < -0.4 is 9.13 Å². The number of carbonyl (C=O) groups is 1. The average Bonchev–Trinajstić information content (AvgIpc) is 3.06. The first-order chi connectivity index (χ1) is 24.5. The van der Waals surface area contributed by atoms with Crippen molar-refractivity contribution in [2.24, 2.45) is 0 Å². The molecule has 0 atom stereocenters. The predicted molar refractivity (Wildman–Crippen MR) is 185 cm³/mol. The van der Waals surface area contributed by atoms with E-state index in [0.717, 1.165) is 45.0 Å². The molecule has 0 amide bonds. The van der Waals surface area contributed by atoms with Crippen molar-refractivity contribution in [3.05, 3.63) is 146 Å². The normalized spacial score (nSPS) is 13.7. The Kier molecular flexibility index (Phi) is 11.9. The number of ketones is 1. The van der Waals surface area contributed by atoms with E-state index in [1.54, 1.807) is 0 Å². The van der Waals surface area contributed by atoms with Crippen LogP contribution in [0, 0.1) is 0 Å². The zero-order valence-corrected chi connectivity index (χ0v) is 29.8. The first-order valence-electron chi connectivity index (χ1n) is 15.1. The minimum Gasteiger partial charge on any atom is -0.255 e. The molecular formula is C35H30F12N4OP2. The maximum Gasteiger partial charge on any atom is 0.210 e. The van der Waals surface area contributed by atoms with Crippen molar-refractivity contribution in [1.82, 2.24) is 9.97 Å². The number of hydrogen-bond acceptors (Lipinski definition) is 3. The van der Waals surface area contributed by atoms with Crippen LogP contribution in [-0.2, 0) is 4.79 Å². The molecule has 4 heterocycles. The van der Waals surface area contributed by atoms with E-state index in [2.05, 4.69) is 105 Å². The molecule has 6 aromatic rings. The molecule has 0 aliphatic heterocycles. The molecule has 0 unspecified atom stereocenters. The summed E-state index contributed by atoms with van der Waals surface area (Å²) in [5.41, 5.74) is 8.46. The molecule has 4 aromatic heterocycles. The molecule has 0 saturated heterocycles. The van der Waals surface area contributed by atoms with Crippen LogP contribution in [0.2, 0.25) is 0 Å². The first-order valence-corrected chi connectivity index (χ1v) is 19.2. The largest absolute Gasteiger partial charge is 0.255 e. The third kappa shape index (κ3) is 19.5. The minimum atomic E-state index is -10.7. The molecule has 0 aliphatic carbocycles. The summed E-state index contributed by atoms with van der Waals surface area (Å²) in [7, 11) is -21.3. The summed E-state index contributed by atoms with van der Waals surface area (Å²) < 4.78 is 123. The van der Waals surface area contributed by atoms with E-state index in [0.29, 0.717) is 0 Å². The molecule has 0 aliphatic rings. The number of halogens is 12. The van der Waals surface area contributed by atoms with Gasteiger partial charge in [0, 0.05) is 60.9 Å². The van der Waals surface area contributed by atoms with Crippen LogP contribution in [0.25, 0.3) is 45.0 Å². The van der Waals surface area contributed by atoms with E-state index >= 15 is 0 Å². The fourth-order valence-corrected chi connectivity index (χ4v) is 4.28. The molecule has 5 nitrogen and oxygen atoms in total. The van der Waals surface area contributed by atoms with Gasteiger partial charge in [0.2, 0.25) is 11.4 Å². The summed E-state index contributed by atoms with van der Waals surface area (Å²) in [4.78, 5) is 18.7. The summed E-state index contributed by atoms with van der Waals surface area (Å²) in [6, 6.07) is 37.4. The Morgan fingerprint density at radius 2 is 0.704 bits per heavy atom. The summed E-state index contributed by atoms with van der Waals surface area (Å²) in [6.07, 6.45) is 12.0. The van der Waals surface area contributed by atoms with E-state index in [9.17, 15) is 55.2 Å². The summed E-state index contributed by atoms with van der Waals surface area (Å²) in [5.74, 6) is 0.167. The van der Waals surface area contributed by atoms with Crippen molar-refractivity contribution in [2.75, 3.05) is 0 Å². The minimum absolute atomic E-state index is 0.167. The molecule has 0 N–H and O–H groups in total. The molecule has 0 spiro atoms. The standard InChI is InChI=1S/C32H24N4.C3H6O.2F6P/c1-3-7-29(8-4-1)35-19-13-25(14-20-35)27-11-17-33-31(23-27)32-24-28(12-18-34-32)26-15-21-36(22-16-26)30-9-5-2-6-10-30;1-3(2)4;2*1-7(2,3,4,5)6/h1-24H;1-2H3;;/q+2;;2*-1. The second-order valence-electron chi connectivity index (χ2n) is 11.3. The van der Waals surface area contributed by atoms with Gasteiger partial charge >= 0.3 is 66.0 Å². The Bertz CT molecular complexity index is 1990. The summed E-state index contributed by atoms with van der Waals surface area (Å²) >= 11 is 0. The monoisotopic (exact) mass is 812 g/mol. The maximum atomic E-state index is 9.87. The van der Waals surface area contributed by atoms with E-state index in [1.807, 2.05) is 60.9 Å². The van der Waals surface area contributed by atoms with Gasteiger partial charge in [-0.25, -0.2) is 0 Å². The van der Waals surface area contributed by atoms with E-state index in [4.69, 9.17) is 0 Å². The third-order valence-electron chi connectivity index (χ3n) is 6.22. The van der Waals surface area contributed by atoms with E-state index in [-0.39, 0.29) is 5.78 Å². The van der Waals surface area contributed by atoms with Crippen LogP contribution in [-0.4, -0.2) is 15.8 Å². The van der Waals surface area contributed by atoms with Gasteiger partial charge in [0.15, 0.2) is 24.8 Å². The first kappa shape index (κ1) is 43.1. The van der Waals surface area contributed by atoms with Crippen molar-refractivity contribution in [3.63, 3.8) is 0 Å². The molecule has 0 saturated carbocycles. The molecular weight excluding hydrogens is 782 g/mol. The average molecular weight is 813 g/mol. The molecule has 0 fully saturated rings. The Morgan fingerprint density at radius 1 is 0.444 bits per heavy atom. The number of Topliss-reactive ketones (excluding diaryl/α,β-unsaturated/α-hetero) is 1. The van der Waals surface area contributed by atoms with Crippen molar-refractivity contribution in [1.29, 1.82) is 0 Å². The summed E-state index contributed by atoms with van der Waals surface area (Å²) in [6.45, 7) is 3.06. The van der Waals surface area contributed by atoms with Gasteiger partial charge in [-0.05, 0) is 60.4 Å². The number of pyridine rings is 4. The van der Waals surface area contributed by atoms with Crippen molar-refractivity contribution < 1.29 is 64.3 Å². The zero-order chi connectivity index (χ0) is 40.6. The molecule has 19 heteroatoms. The van der Waals surface area contributed by atoms with Crippen molar-refractivity contribution in [2.45, 2.75) is 13.8 Å². The topological polar surface area (TPSA) is 50.6 Å². The number of para-hydroxylation sites is 2. The Hall–Kier alpha value is -5.27. The fourth-order valence-electron chi connectivity index (χ4n) is 4.28. The van der Waals surface area contributed by atoms with Crippen LogP contribution in [0.5, 0.6) is 0 Å². The van der Waals surface area contributed by atoms with Gasteiger partial charge in [-0.2, -0.15) is 9.13 Å². The molecule has 6 rings (SSSR count). The number of rotatable bonds is 5. The molecule has 0 bridgehead atoms. The quantitative estimate of drug-likeness (QED) is 0.0990. The van der Waals surface area contributed by atoms with Gasteiger partial charge < -0.3 is 4.79 Å². The number of carbonyl (C=O) groups excluding carboxylic acids is 1. The second kappa shape index (κ2) is 14.9. The van der Waals surface area contributed by atoms with Gasteiger partial charge in [0.05, 0.1) is 11.4 Å². The van der Waals surface area contributed by atoms with Crippen LogP contribution in [0.4, 0.5) is 50.4 Å². The van der Waals surface area contributed by atoms with Crippen molar-refractivity contribution >= 4 is 21.4 Å². The van der Waals surface area contributed by atoms with Gasteiger partial charge in [0.25, 0.3) is 0 Å². The molecule has 54 heavy (non-hydrogen) atoms. The van der Waals surface area contributed by atoms with Crippen LogP contribution in [0.15, 0.2) is 146 Å². The van der Waals surface area contributed by atoms with Gasteiger partial charge in [-0.3, -0.25) is 9.97 Å². The smallest absolute Gasteiger partial charge is 0.210 e. The van der Waals surface area contributed by atoms with Crippen LogP contribution in [0.3, 0.4) is 0 Å². The zero-order valence-electron chi connectivity index (χ0n) is 28.0. The van der Waals surface area contributed by atoms with Gasteiger partial charge in [-0.1, -0.05) is 36.4 Å². The third-order valence-corrected chi connectivity index (χ3v) is 6.22. The summed E-state index contributed by atoms with van der Waals surface area (Å²) in [5, 5.41) is 0. The Morgan fingerprint density at radius 3 is 0.963 bits per heavy atom. The molecule has 2 aromatic carbocycles. The maximum absolute atomic E-state index is 10.7. The van der Waals surface area contributed by atoms with Crippen LogP contribution in [0.1, 0.15) is 13.8 Å². The van der Waals surface area contributed by atoms with Gasteiger partial charge in [-0.15, -0.1) is 0 Å². The fraction of sp³-hybridized carbons (Fsp3) is 0.0571. The number of hydrogen-bond donors (Lipinski definition) is 0. The van der Waals surface area contributed by atoms with Gasteiger partial charge in [0.1, 0.15) is 5.78 Å². The Labute approximate surface area is 300 Å². The predicted octanol–water partition coefficient (Wildman–Crippen LogP) is 13.4. The Balaban J connectivity index is 0.000000363. The molecule has 290 valence electrons. The number of benzene rings is 2. The SMILES string of the molecule is CC(C)=O.F[P-](F)(F)(F)(F)F.F[P-](F)(F)(F)(F)F.c1ccc(-[n+]2ccc(-c3ccnc(-c4cc(-c5cc[n+](-c6ccccc6)cc5)ccn4)c3)cc2)cc1. The number of aromatic nitrogens is 4. The second-order valence-corrected chi connectivity index (χ2v) is 15.2. The number of nitrogens with zero attached hydrogens (tertiary/aromatic N) is 4. The van der Waals surface area contributed by atoms with Crippen LogP contribution >= 0.6 is 15.6 Å². The van der Waals surface area contributed by atoms with Crippen molar-refractivity contribution in [3.8, 4) is 45.0 Å².